The van der Waals surface area contributed by atoms with E-state index < -0.39 is 17.3 Å². The van der Waals surface area contributed by atoms with E-state index in [0.717, 1.165) is 9.47 Å². The summed E-state index contributed by atoms with van der Waals surface area (Å²) in [6.07, 6.45) is 2.17. The molecule has 2 heterocycles. The first-order valence-corrected chi connectivity index (χ1v) is 6.62. The van der Waals surface area contributed by atoms with Gasteiger partial charge in [0.1, 0.15) is 0 Å². The second kappa shape index (κ2) is 5.65. The van der Waals surface area contributed by atoms with Crippen molar-refractivity contribution in [3.8, 4) is 0 Å². The van der Waals surface area contributed by atoms with Crippen molar-refractivity contribution in [1.29, 1.82) is 0 Å². The Morgan fingerprint density at radius 2 is 1.86 bits per heavy atom. The summed E-state index contributed by atoms with van der Waals surface area (Å²) in [4.78, 5) is 48.0. The number of hydrogen-bond acceptors (Lipinski definition) is 5. The Balaban J connectivity index is 2.14. The first-order chi connectivity index (χ1) is 9.82. The highest BCUT2D eigenvalue weighted by Gasteiger charge is 2.31. The molecule has 1 unspecified atom stereocenters. The molecule has 0 aliphatic carbocycles. The van der Waals surface area contributed by atoms with E-state index in [-0.39, 0.29) is 18.4 Å². The van der Waals surface area contributed by atoms with Crippen LogP contribution in [0.2, 0.25) is 0 Å². The predicted molar refractivity (Wildman–Crippen MR) is 74.6 cm³/mol. The molecule has 8 nitrogen and oxygen atoms in total. The standard InChI is InChI=1S/C13H18N4O4/c1-15-7-8(11(19)17(3)13(15)21)6-14-9-4-5-10(18)16(2)12(9)20/h7,9,14H,4-6H2,1-3H3. The lowest BCUT2D eigenvalue weighted by Crippen LogP contribution is -2.51. The van der Waals surface area contributed by atoms with Crippen LogP contribution in [0.1, 0.15) is 18.4 Å². The topological polar surface area (TPSA) is 93.4 Å². The number of aromatic nitrogens is 2. The Bertz CT molecular complexity index is 703. The molecule has 0 bridgehead atoms. The van der Waals surface area contributed by atoms with Crippen LogP contribution in [0, 0.1) is 0 Å². The normalized spacial score (nSPS) is 19.2. The van der Waals surface area contributed by atoms with Crippen LogP contribution in [0.25, 0.3) is 0 Å². The molecule has 21 heavy (non-hydrogen) atoms. The van der Waals surface area contributed by atoms with Crippen LogP contribution < -0.4 is 16.6 Å². The maximum atomic E-state index is 12.0. The number of aryl methyl sites for hydroxylation is 1. The summed E-state index contributed by atoms with van der Waals surface area (Å²) in [5.74, 6) is -0.496. The third-order valence-corrected chi connectivity index (χ3v) is 3.71. The van der Waals surface area contributed by atoms with Crippen LogP contribution in [0.3, 0.4) is 0 Å². The van der Waals surface area contributed by atoms with E-state index in [9.17, 15) is 19.2 Å². The summed E-state index contributed by atoms with van der Waals surface area (Å²) in [6.45, 7) is 0.166. The fourth-order valence-electron chi connectivity index (χ4n) is 2.34. The van der Waals surface area contributed by atoms with Crippen LogP contribution in [-0.2, 0) is 30.2 Å². The molecule has 1 aromatic heterocycles. The number of nitrogens with zero attached hydrogens (tertiary/aromatic N) is 3. The van der Waals surface area contributed by atoms with Gasteiger partial charge in [-0.15, -0.1) is 0 Å². The van der Waals surface area contributed by atoms with Crippen molar-refractivity contribution < 1.29 is 9.59 Å². The average Bonchev–Trinajstić information content (AvgIpc) is 2.46. The molecule has 2 amide bonds. The van der Waals surface area contributed by atoms with Gasteiger partial charge in [-0.05, 0) is 6.42 Å². The summed E-state index contributed by atoms with van der Waals surface area (Å²) in [7, 11) is 4.42. The maximum absolute atomic E-state index is 12.0. The molecule has 0 saturated carbocycles. The average molecular weight is 294 g/mol. The zero-order valence-electron chi connectivity index (χ0n) is 12.3. The molecular weight excluding hydrogens is 276 g/mol. The Kier molecular flexibility index (Phi) is 4.08. The van der Waals surface area contributed by atoms with Crippen LogP contribution in [0.5, 0.6) is 0 Å². The van der Waals surface area contributed by atoms with E-state index in [1.54, 1.807) is 7.05 Å². The quantitative estimate of drug-likeness (QED) is 0.672. The van der Waals surface area contributed by atoms with Gasteiger partial charge < -0.3 is 9.88 Å². The summed E-state index contributed by atoms with van der Waals surface area (Å²) in [5.41, 5.74) is -0.395. The fourth-order valence-corrected chi connectivity index (χ4v) is 2.34. The zero-order chi connectivity index (χ0) is 15.7. The minimum atomic E-state index is -0.491. The number of rotatable bonds is 3. The number of likely N-dealkylation sites (tertiary alicyclic amines) is 1. The van der Waals surface area contributed by atoms with Crippen molar-refractivity contribution in [3.63, 3.8) is 0 Å². The molecule has 0 spiro atoms. The molecule has 1 aliphatic rings. The summed E-state index contributed by atoms with van der Waals surface area (Å²) in [5, 5.41) is 2.98. The number of carbonyl (C=O) groups excluding carboxylic acids is 2. The summed E-state index contributed by atoms with van der Waals surface area (Å²) >= 11 is 0. The molecule has 1 saturated heterocycles. The largest absolute Gasteiger partial charge is 0.330 e. The van der Waals surface area contributed by atoms with Crippen molar-refractivity contribution in [2.75, 3.05) is 7.05 Å². The van der Waals surface area contributed by atoms with Gasteiger partial charge >= 0.3 is 5.69 Å². The molecule has 8 heteroatoms. The van der Waals surface area contributed by atoms with E-state index in [4.69, 9.17) is 0 Å². The van der Waals surface area contributed by atoms with E-state index >= 15 is 0 Å². The SMILES string of the molecule is CN1C(=O)CCC(NCc2cn(C)c(=O)n(C)c2=O)C1=O. The van der Waals surface area contributed by atoms with Crippen LogP contribution >= 0.6 is 0 Å². The lowest BCUT2D eigenvalue weighted by atomic mass is 10.0. The number of piperidine rings is 1. The highest BCUT2D eigenvalue weighted by molar-refractivity contribution is 6.00. The molecule has 0 aromatic carbocycles. The van der Waals surface area contributed by atoms with Crippen molar-refractivity contribution in [1.82, 2.24) is 19.4 Å². The van der Waals surface area contributed by atoms with Gasteiger partial charge in [0, 0.05) is 45.9 Å². The van der Waals surface area contributed by atoms with Crippen molar-refractivity contribution in [2.45, 2.75) is 25.4 Å². The van der Waals surface area contributed by atoms with E-state index in [0.29, 0.717) is 18.4 Å². The Labute approximate surface area is 121 Å². The minimum Gasteiger partial charge on any atom is -0.303 e. The van der Waals surface area contributed by atoms with Gasteiger partial charge in [0.05, 0.1) is 6.04 Å². The fraction of sp³-hybridized carbons (Fsp3) is 0.538. The second-order valence-electron chi connectivity index (χ2n) is 5.18. The molecule has 2 rings (SSSR count). The molecule has 114 valence electrons. The summed E-state index contributed by atoms with van der Waals surface area (Å²) in [6, 6.07) is -0.491. The molecule has 1 fully saturated rings. The van der Waals surface area contributed by atoms with Crippen molar-refractivity contribution in [3.05, 3.63) is 32.6 Å². The van der Waals surface area contributed by atoms with Gasteiger partial charge in [0.2, 0.25) is 11.8 Å². The first kappa shape index (κ1) is 15.2. The molecular formula is C13H18N4O4. The third-order valence-electron chi connectivity index (χ3n) is 3.71. The molecule has 1 aromatic rings. The molecule has 0 radical (unpaired) electrons. The molecule has 1 atom stereocenters. The third kappa shape index (κ3) is 2.80. The van der Waals surface area contributed by atoms with Crippen LogP contribution in [0.4, 0.5) is 0 Å². The Hall–Kier alpha value is -2.22. The number of imide groups is 1. The van der Waals surface area contributed by atoms with Crippen molar-refractivity contribution >= 4 is 11.8 Å². The Morgan fingerprint density at radius 3 is 2.52 bits per heavy atom. The van der Waals surface area contributed by atoms with Gasteiger partial charge in [-0.3, -0.25) is 23.9 Å². The van der Waals surface area contributed by atoms with Crippen molar-refractivity contribution in [2.24, 2.45) is 14.1 Å². The number of nitrogens with one attached hydrogen (secondary N) is 1. The number of hydrogen-bond donors (Lipinski definition) is 1. The van der Waals surface area contributed by atoms with Crippen LogP contribution in [0.15, 0.2) is 15.8 Å². The van der Waals surface area contributed by atoms with Gasteiger partial charge in [-0.25, -0.2) is 4.79 Å². The molecule has 1 aliphatic heterocycles. The lowest BCUT2D eigenvalue weighted by Gasteiger charge is -2.28. The maximum Gasteiger partial charge on any atom is 0.330 e. The van der Waals surface area contributed by atoms with E-state index in [2.05, 4.69) is 5.32 Å². The smallest absolute Gasteiger partial charge is 0.303 e. The van der Waals surface area contributed by atoms with Gasteiger partial charge in [0.15, 0.2) is 0 Å². The predicted octanol–water partition coefficient (Wildman–Crippen LogP) is -1.68. The lowest BCUT2D eigenvalue weighted by molar-refractivity contribution is -0.148. The van der Waals surface area contributed by atoms with Gasteiger partial charge in [-0.2, -0.15) is 0 Å². The van der Waals surface area contributed by atoms with Gasteiger partial charge in [0.25, 0.3) is 5.56 Å². The monoisotopic (exact) mass is 294 g/mol. The number of carbonyl (C=O) groups is 2. The van der Waals surface area contributed by atoms with E-state index in [1.807, 2.05) is 0 Å². The zero-order valence-corrected chi connectivity index (χ0v) is 12.3. The first-order valence-electron chi connectivity index (χ1n) is 6.62. The Morgan fingerprint density at radius 1 is 1.19 bits per heavy atom. The molecule has 1 N–H and O–H groups in total. The minimum absolute atomic E-state index is 0.166. The number of likely N-dealkylation sites (N-methyl/N-ethyl adjacent to an activating group) is 1. The highest BCUT2D eigenvalue weighted by Crippen LogP contribution is 2.11. The summed E-state index contributed by atoms with van der Waals surface area (Å²) < 4.78 is 2.34. The number of amides is 2. The van der Waals surface area contributed by atoms with E-state index in [1.165, 1.54) is 24.9 Å². The highest BCUT2D eigenvalue weighted by atomic mass is 16.2. The van der Waals surface area contributed by atoms with Crippen LogP contribution in [-0.4, -0.2) is 38.9 Å². The second-order valence-corrected chi connectivity index (χ2v) is 5.18. The van der Waals surface area contributed by atoms with Gasteiger partial charge in [-0.1, -0.05) is 0 Å².